The van der Waals surface area contributed by atoms with Gasteiger partial charge in [-0.15, -0.1) is 10.2 Å². The van der Waals surface area contributed by atoms with Crippen LogP contribution in [-0.2, 0) is 6.54 Å². The van der Waals surface area contributed by atoms with Gasteiger partial charge in [0.1, 0.15) is 5.69 Å². The lowest BCUT2D eigenvalue weighted by atomic mass is 10.2. The number of aryl methyl sites for hydroxylation is 1. The number of nitrogens with zero attached hydrogens (tertiary/aromatic N) is 3. The van der Waals surface area contributed by atoms with Crippen LogP contribution in [0.4, 0.5) is 0 Å². The molecule has 4 nitrogen and oxygen atoms in total. The second-order valence-corrected chi connectivity index (χ2v) is 5.86. The average molecular weight is 324 g/mol. The maximum atomic E-state index is 5.98. The number of hydrogen-bond donors (Lipinski definition) is 0. The highest BCUT2D eigenvalue weighted by molar-refractivity contribution is 6.30. The van der Waals surface area contributed by atoms with Crippen molar-refractivity contribution in [1.29, 1.82) is 0 Å². The minimum absolute atomic E-state index is 0.535. The van der Waals surface area contributed by atoms with Crippen molar-refractivity contribution in [3.63, 3.8) is 0 Å². The Morgan fingerprint density at radius 2 is 1.83 bits per heavy atom. The van der Waals surface area contributed by atoms with Crippen LogP contribution in [0.1, 0.15) is 11.5 Å². The first-order valence-corrected chi connectivity index (χ1v) is 7.72. The summed E-state index contributed by atoms with van der Waals surface area (Å²) in [6.07, 6.45) is 0. The van der Waals surface area contributed by atoms with E-state index in [1.54, 1.807) is 6.92 Å². The monoisotopic (exact) mass is 323 g/mol. The number of fused-ring (bicyclic) bond motifs is 1. The minimum atomic E-state index is 0.535. The molecule has 5 heteroatoms. The maximum absolute atomic E-state index is 5.98. The quantitative estimate of drug-likeness (QED) is 0.549. The molecule has 2 aromatic heterocycles. The average Bonchev–Trinajstić information content (AvgIpc) is 3.14. The third kappa shape index (κ3) is 2.62. The van der Waals surface area contributed by atoms with Crippen LogP contribution < -0.4 is 0 Å². The first-order valence-electron chi connectivity index (χ1n) is 7.34. The molecule has 4 rings (SSSR count). The van der Waals surface area contributed by atoms with E-state index in [0.29, 0.717) is 18.3 Å². The minimum Gasteiger partial charge on any atom is -0.420 e. The molecule has 0 spiro atoms. The van der Waals surface area contributed by atoms with Crippen molar-refractivity contribution in [3.8, 4) is 11.6 Å². The summed E-state index contributed by atoms with van der Waals surface area (Å²) < 4.78 is 7.82. The fourth-order valence-electron chi connectivity index (χ4n) is 2.73. The van der Waals surface area contributed by atoms with Crippen molar-refractivity contribution >= 4 is 22.5 Å². The molecule has 4 aromatic rings. The Labute approximate surface area is 138 Å². The molecule has 0 bridgehead atoms. The van der Waals surface area contributed by atoms with Crippen molar-refractivity contribution in [1.82, 2.24) is 14.8 Å². The summed E-state index contributed by atoms with van der Waals surface area (Å²) in [7, 11) is 0. The van der Waals surface area contributed by atoms with E-state index in [4.69, 9.17) is 16.0 Å². The van der Waals surface area contributed by atoms with Gasteiger partial charge in [0.2, 0.25) is 5.89 Å². The molecule has 0 fully saturated rings. The van der Waals surface area contributed by atoms with E-state index in [-0.39, 0.29) is 0 Å². The van der Waals surface area contributed by atoms with E-state index in [0.717, 1.165) is 27.2 Å². The van der Waals surface area contributed by atoms with Gasteiger partial charge in [0.25, 0.3) is 5.89 Å². The van der Waals surface area contributed by atoms with Gasteiger partial charge in [-0.05, 0) is 29.8 Å². The lowest BCUT2D eigenvalue weighted by molar-refractivity contribution is 0.528. The fraction of sp³-hybridized carbons (Fsp3) is 0.111. The predicted molar refractivity (Wildman–Crippen MR) is 90.5 cm³/mol. The summed E-state index contributed by atoms with van der Waals surface area (Å²) in [5.41, 5.74) is 3.21. The lowest BCUT2D eigenvalue weighted by Gasteiger charge is -2.09. The van der Waals surface area contributed by atoms with Gasteiger partial charge < -0.3 is 8.98 Å². The Morgan fingerprint density at radius 1 is 1.04 bits per heavy atom. The SMILES string of the molecule is Cc1nnc(-c2cc3ccccc3n2Cc2ccc(Cl)cc2)o1. The summed E-state index contributed by atoms with van der Waals surface area (Å²) in [4.78, 5) is 0. The second-order valence-electron chi connectivity index (χ2n) is 5.43. The van der Waals surface area contributed by atoms with Gasteiger partial charge in [0.05, 0.1) is 0 Å². The lowest BCUT2D eigenvalue weighted by Crippen LogP contribution is -2.01. The van der Waals surface area contributed by atoms with Gasteiger partial charge in [-0.25, -0.2) is 0 Å². The van der Waals surface area contributed by atoms with Crippen molar-refractivity contribution in [2.24, 2.45) is 0 Å². The zero-order valence-electron chi connectivity index (χ0n) is 12.5. The van der Waals surface area contributed by atoms with E-state index >= 15 is 0 Å². The van der Waals surface area contributed by atoms with Gasteiger partial charge in [-0.1, -0.05) is 41.9 Å². The predicted octanol–water partition coefficient (Wildman–Crippen LogP) is 4.70. The summed E-state index contributed by atoms with van der Waals surface area (Å²) in [6, 6.07) is 18.2. The maximum Gasteiger partial charge on any atom is 0.264 e. The van der Waals surface area contributed by atoms with Gasteiger partial charge in [0, 0.05) is 29.4 Å². The summed E-state index contributed by atoms with van der Waals surface area (Å²) in [5.74, 6) is 1.09. The Morgan fingerprint density at radius 3 is 2.57 bits per heavy atom. The molecule has 0 radical (unpaired) electrons. The van der Waals surface area contributed by atoms with Crippen LogP contribution in [0.25, 0.3) is 22.5 Å². The number of benzene rings is 2. The van der Waals surface area contributed by atoms with E-state index in [1.807, 2.05) is 36.4 Å². The highest BCUT2D eigenvalue weighted by Crippen LogP contribution is 2.28. The Balaban J connectivity index is 1.87. The van der Waals surface area contributed by atoms with Gasteiger partial charge in [0.15, 0.2) is 0 Å². The second kappa shape index (κ2) is 5.56. The third-order valence-corrected chi connectivity index (χ3v) is 4.06. The van der Waals surface area contributed by atoms with Gasteiger partial charge >= 0.3 is 0 Å². The number of para-hydroxylation sites is 1. The van der Waals surface area contributed by atoms with Crippen LogP contribution in [-0.4, -0.2) is 14.8 Å². The van der Waals surface area contributed by atoms with Crippen LogP contribution in [0, 0.1) is 6.92 Å². The molecule has 2 aromatic carbocycles. The molecule has 0 aliphatic carbocycles. The van der Waals surface area contributed by atoms with Gasteiger partial charge in [-0.2, -0.15) is 0 Å². The van der Waals surface area contributed by atoms with Crippen LogP contribution >= 0.6 is 11.6 Å². The number of rotatable bonds is 3. The third-order valence-electron chi connectivity index (χ3n) is 3.81. The van der Waals surface area contributed by atoms with Crippen molar-refractivity contribution in [2.45, 2.75) is 13.5 Å². The smallest absolute Gasteiger partial charge is 0.264 e. The summed E-state index contributed by atoms with van der Waals surface area (Å²) in [6.45, 7) is 2.50. The van der Waals surface area contributed by atoms with E-state index in [2.05, 4.69) is 33.0 Å². The number of halogens is 1. The molecule has 114 valence electrons. The number of aromatic nitrogens is 3. The van der Waals surface area contributed by atoms with Crippen molar-refractivity contribution in [2.75, 3.05) is 0 Å². The summed E-state index contributed by atoms with van der Waals surface area (Å²) >= 11 is 5.98. The molecule has 0 unspecified atom stereocenters. The van der Waals surface area contributed by atoms with Crippen molar-refractivity contribution < 1.29 is 4.42 Å². The Hall–Kier alpha value is -2.59. The van der Waals surface area contributed by atoms with Gasteiger partial charge in [-0.3, -0.25) is 0 Å². The molecule has 0 amide bonds. The molecular formula is C18H14ClN3O. The van der Waals surface area contributed by atoms with Crippen LogP contribution in [0.15, 0.2) is 59.0 Å². The molecule has 0 atom stereocenters. The first-order chi connectivity index (χ1) is 11.2. The molecular weight excluding hydrogens is 310 g/mol. The molecule has 0 N–H and O–H groups in total. The van der Waals surface area contributed by atoms with Crippen molar-refractivity contribution in [3.05, 3.63) is 71.1 Å². The zero-order chi connectivity index (χ0) is 15.8. The fourth-order valence-corrected chi connectivity index (χ4v) is 2.86. The van der Waals surface area contributed by atoms with Crippen LogP contribution in [0.3, 0.4) is 0 Å². The summed E-state index contributed by atoms with van der Waals surface area (Å²) in [5, 5.41) is 10.00. The molecule has 0 saturated carbocycles. The molecule has 2 heterocycles. The van der Waals surface area contributed by atoms with E-state index in [9.17, 15) is 0 Å². The highest BCUT2D eigenvalue weighted by atomic mass is 35.5. The zero-order valence-corrected chi connectivity index (χ0v) is 13.3. The van der Waals surface area contributed by atoms with Crippen LogP contribution in [0.5, 0.6) is 0 Å². The Bertz CT molecular complexity index is 970. The molecule has 23 heavy (non-hydrogen) atoms. The molecule has 0 aliphatic rings. The van der Waals surface area contributed by atoms with Crippen LogP contribution in [0.2, 0.25) is 5.02 Å². The first kappa shape index (κ1) is 14.0. The van der Waals surface area contributed by atoms with E-state index < -0.39 is 0 Å². The normalized spacial score (nSPS) is 11.2. The largest absolute Gasteiger partial charge is 0.420 e. The molecule has 0 saturated heterocycles. The topological polar surface area (TPSA) is 43.9 Å². The number of hydrogen-bond acceptors (Lipinski definition) is 3. The van der Waals surface area contributed by atoms with E-state index in [1.165, 1.54) is 0 Å². The highest BCUT2D eigenvalue weighted by Gasteiger charge is 2.15. The Kier molecular flexibility index (Phi) is 3.39. The standard InChI is InChI=1S/C18H14ClN3O/c1-12-20-21-18(23-12)17-10-14-4-2-3-5-16(14)22(17)11-13-6-8-15(19)9-7-13/h2-10H,11H2,1H3. The molecule has 0 aliphatic heterocycles.